The fourth-order valence-corrected chi connectivity index (χ4v) is 1.77. The van der Waals surface area contributed by atoms with Gasteiger partial charge < -0.3 is 10.5 Å². The van der Waals surface area contributed by atoms with Gasteiger partial charge in [0.15, 0.2) is 0 Å². The summed E-state index contributed by atoms with van der Waals surface area (Å²) in [5, 5.41) is 7.77. The van der Waals surface area contributed by atoms with E-state index in [4.69, 9.17) is 10.5 Å². The molecule has 0 aliphatic heterocycles. The molecule has 16 heavy (non-hydrogen) atoms. The minimum absolute atomic E-state index is 0.213. The molecule has 5 nitrogen and oxygen atoms in total. The number of nitrogens with zero attached hydrogens (tertiary/aromatic N) is 1. The molecule has 1 heterocycles. The quantitative estimate of drug-likeness (QED) is 0.747. The maximum Gasteiger partial charge on any atom is 0.314 e. The number of ether oxygens (including phenoxy) is 1. The highest BCUT2D eigenvalue weighted by Crippen LogP contribution is 2.24. The van der Waals surface area contributed by atoms with Gasteiger partial charge in [0.05, 0.1) is 24.7 Å². The molecule has 0 fully saturated rings. The first-order valence-corrected chi connectivity index (χ1v) is 4.97. The lowest BCUT2D eigenvalue weighted by atomic mass is 9.97. The van der Waals surface area contributed by atoms with E-state index in [9.17, 15) is 4.79 Å². The Kier molecular flexibility index (Phi) is 2.87. The first kappa shape index (κ1) is 10.6. The van der Waals surface area contributed by atoms with Crippen LogP contribution in [-0.2, 0) is 9.53 Å². The maximum atomic E-state index is 11.6. The van der Waals surface area contributed by atoms with Crippen molar-refractivity contribution in [2.45, 2.75) is 5.92 Å². The molecule has 0 amide bonds. The van der Waals surface area contributed by atoms with Crippen molar-refractivity contribution < 1.29 is 9.53 Å². The van der Waals surface area contributed by atoms with E-state index >= 15 is 0 Å². The van der Waals surface area contributed by atoms with Gasteiger partial charge in [-0.25, -0.2) is 0 Å². The number of carbonyl (C=O) groups excluding carboxylic acids is 1. The highest BCUT2D eigenvalue weighted by atomic mass is 16.5. The molecule has 3 N–H and O–H groups in total. The molecule has 1 aromatic heterocycles. The number of aromatic nitrogens is 2. The van der Waals surface area contributed by atoms with Crippen molar-refractivity contribution in [1.29, 1.82) is 0 Å². The number of aromatic amines is 1. The summed E-state index contributed by atoms with van der Waals surface area (Å²) in [5.41, 5.74) is 7.27. The number of esters is 1. The second kappa shape index (κ2) is 4.32. The first-order valence-electron chi connectivity index (χ1n) is 4.97. The highest BCUT2D eigenvalue weighted by molar-refractivity contribution is 5.88. The first-order chi connectivity index (χ1) is 7.77. The summed E-state index contributed by atoms with van der Waals surface area (Å²) >= 11 is 0. The number of rotatable bonds is 3. The van der Waals surface area contributed by atoms with Crippen LogP contribution in [0.5, 0.6) is 0 Å². The molecule has 2 rings (SSSR count). The minimum Gasteiger partial charge on any atom is -0.469 e. The Morgan fingerprint density at radius 1 is 1.62 bits per heavy atom. The lowest BCUT2D eigenvalue weighted by Crippen LogP contribution is -2.23. The van der Waals surface area contributed by atoms with Gasteiger partial charge in [-0.15, -0.1) is 0 Å². The van der Waals surface area contributed by atoms with Gasteiger partial charge >= 0.3 is 5.97 Å². The van der Waals surface area contributed by atoms with Crippen LogP contribution in [0.15, 0.2) is 24.4 Å². The average Bonchev–Trinajstić information content (AvgIpc) is 2.78. The van der Waals surface area contributed by atoms with E-state index in [-0.39, 0.29) is 12.5 Å². The summed E-state index contributed by atoms with van der Waals surface area (Å²) in [6, 6.07) is 5.65. The Hall–Kier alpha value is -1.88. The van der Waals surface area contributed by atoms with Gasteiger partial charge in [-0.2, -0.15) is 5.10 Å². The van der Waals surface area contributed by atoms with Crippen LogP contribution < -0.4 is 5.73 Å². The molecule has 0 aliphatic carbocycles. The van der Waals surface area contributed by atoms with Crippen LogP contribution in [0.25, 0.3) is 10.9 Å². The third-order valence-corrected chi connectivity index (χ3v) is 2.61. The zero-order valence-corrected chi connectivity index (χ0v) is 8.93. The molecular formula is C11H13N3O2. The molecule has 0 saturated heterocycles. The smallest absolute Gasteiger partial charge is 0.314 e. The molecule has 0 radical (unpaired) electrons. The Morgan fingerprint density at radius 2 is 2.44 bits per heavy atom. The summed E-state index contributed by atoms with van der Waals surface area (Å²) in [7, 11) is 1.36. The zero-order valence-electron chi connectivity index (χ0n) is 8.93. The molecule has 1 aromatic carbocycles. The molecule has 1 atom stereocenters. The second-order valence-corrected chi connectivity index (χ2v) is 3.49. The Morgan fingerprint density at radius 3 is 3.12 bits per heavy atom. The van der Waals surface area contributed by atoms with Gasteiger partial charge in [-0.05, 0) is 5.56 Å². The number of nitrogens with two attached hydrogens (primary N) is 1. The van der Waals surface area contributed by atoms with Gasteiger partial charge in [0, 0.05) is 11.9 Å². The van der Waals surface area contributed by atoms with E-state index in [1.54, 1.807) is 6.20 Å². The Bertz CT molecular complexity index is 507. The number of hydrogen-bond donors (Lipinski definition) is 2. The molecule has 0 bridgehead atoms. The van der Waals surface area contributed by atoms with Crippen molar-refractivity contribution in [2.75, 3.05) is 13.7 Å². The molecular weight excluding hydrogens is 206 g/mol. The van der Waals surface area contributed by atoms with Crippen molar-refractivity contribution in [3.05, 3.63) is 30.0 Å². The van der Waals surface area contributed by atoms with Crippen LogP contribution in [0.1, 0.15) is 11.5 Å². The average molecular weight is 219 g/mol. The summed E-state index contributed by atoms with van der Waals surface area (Å²) in [6.45, 7) is 0.213. The van der Waals surface area contributed by atoms with Gasteiger partial charge in [0.25, 0.3) is 0 Å². The van der Waals surface area contributed by atoms with Crippen molar-refractivity contribution in [2.24, 2.45) is 5.73 Å². The molecule has 0 spiro atoms. The normalized spacial score (nSPS) is 12.6. The molecule has 0 aliphatic rings. The van der Waals surface area contributed by atoms with E-state index in [2.05, 4.69) is 10.2 Å². The van der Waals surface area contributed by atoms with Crippen LogP contribution in [0, 0.1) is 0 Å². The van der Waals surface area contributed by atoms with Crippen molar-refractivity contribution >= 4 is 16.9 Å². The number of nitrogens with one attached hydrogen (secondary N) is 1. The van der Waals surface area contributed by atoms with Crippen molar-refractivity contribution in [3.63, 3.8) is 0 Å². The van der Waals surface area contributed by atoms with Crippen LogP contribution in [0.4, 0.5) is 0 Å². The summed E-state index contributed by atoms with van der Waals surface area (Å²) < 4.78 is 4.73. The van der Waals surface area contributed by atoms with Gasteiger partial charge in [0.1, 0.15) is 0 Å². The van der Waals surface area contributed by atoms with E-state index in [0.29, 0.717) is 0 Å². The van der Waals surface area contributed by atoms with Crippen LogP contribution >= 0.6 is 0 Å². The second-order valence-electron chi connectivity index (χ2n) is 3.49. The monoisotopic (exact) mass is 219 g/mol. The molecule has 0 saturated carbocycles. The number of benzene rings is 1. The van der Waals surface area contributed by atoms with Gasteiger partial charge in [-0.1, -0.05) is 18.2 Å². The van der Waals surface area contributed by atoms with Gasteiger partial charge in [0.2, 0.25) is 0 Å². The third kappa shape index (κ3) is 1.65. The van der Waals surface area contributed by atoms with E-state index < -0.39 is 5.92 Å². The molecule has 2 aromatic rings. The Labute approximate surface area is 92.6 Å². The summed E-state index contributed by atoms with van der Waals surface area (Å²) in [5.74, 6) is -0.779. The summed E-state index contributed by atoms with van der Waals surface area (Å²) in [4.78, 5) is 11.6. The SMILES string of the molecule is COC(=O)C(CN)c1cccc2cn[nH]c12. The van der Waals surface area contributed by atoms with E-state index in [0.717, 1.165) is 16.5 Å². The highest BCUT2D eigenvalue weighted by Gasteiger charge is 2.22. The fourth-order valence-electron chi connectivity index (χ4n) is 1.77. The number of hydrogen-bond acceptors (Lipinski definition) is 4. The standard InChI is InChI=1S/C11H13N3O2/c1-16-11(15)9(5-12)8-4-2-3-7-6-13-14-10(7)8/h2-4,6,9H,5,12H2,1H3,(H,13,14). The van der Waals surface area contributed by atoms with E-state index in [1.807, 2.05) is 18.2 Å². The van der Waals surface area contributed by atoms with Crippen LogP contribution in [-0.4, -0.2) is 29.8 Å². The largest absolute Gasteiger partial charge is 0.469 e. The molecule has 84 valence electrons. The lowest BCUT2D eigenvalue weighted by molar-refractivity contribution is -0.142. The maximum absolute atomic E-state index is 11.6. The van der Waals surface area contributed by atoms with Gasteiger partial charge in [-0.3, -0.25) is 9.89 Å². The number of carbonyl (C=O) groups is 1. The number of fused-ring (bicyclic) bond motifs is 1. The van der Waals surface area contributed by atoms with Crippen LogP contribution in [0.3, 0.4) is 0 Å². The number of H-pyrrole nitrogens is 1. The van der Waals surface area contributed by atoms with Crippen LogP contribution in [0.2, 0.25) is 0 Å². The number of methoxy groups -OCH3 is 1. The van der Waals surface area contributed by atoms with Crippen molar-refractivity contribution in [3.8, 4) is 0 Å². The predicted octanol–water partition coefficient (Wildman–Crippen LogP) is 0.778. The fraction of sp³-hybridized carbons (Fsp3) is 0.273. The summed E-state index contributed by atoms with van der Waals surface area (Å²) in [6.07, 6.45) is 1.71. The number of para-hydroxylation sites is 1. The van der Waals surface area contributed by atoms with Crippen molar-refractivity contribution in [1.82, 2.24) is 10.2 Å². The topological polar surface area (TPSA) is 81.0 Å². The van der Waals surface area contributed by atoms with E-state index in [1.165, 1.54) is 7.11 Å². The zero-order chi connectivity index (χ0) is 11.5. The lowest BCUT2D eigenvalue weighted by Gasteiger charge is -2.13. The predicted molar refractivity (Wildman–Crippen MR) is 59.9 cm³/mol. The third-order valence-electron chi connectivity index (χ3n) is 2.61. The molecule has 1 unspecified atom stereocenters. The Balaban J connectivity index is 2.52. The minimum atomic E-state index is -0.450. The molecule has 5 heteroatoms.